The van der Waals surface area contributed by atoms with Crippen molar-refractivity contribution < 1.29 is 88.0 Å². The molecular weight excluding hydrogens is 1600 g/mol. The second-order valence-electron chi connectivity index (χ2n) is 27.5. The molecule has 44 nitrogen and oxygen atoms in total. The molecule has 5 fully saturated rings. The zero-order valence-corrected chi connectivity index (χ0v) is 64.9. The standard InChI is InChI=1S/C61H77F3N24O20P4S/c1-31-8-33(10-34(9-31)61(62,63)64)57(92)80-13-35(103-43(17-80)84-7-6-41(65)76-59(84)93)22-99-109(3,95)81-14-36(104-44(18-81)86-28-73-47-50(66)69-26-71-52(47)86)23-100-110(4,96)82-15-37(105-46(20-82)88-30-75-49-54(88)77-58(68)78-56(49)91)24-101-111(5,97)83-16-38(106-45(19-83)87-29-74-48-51(67)70-27-72-53(48)87)25-102-112(98,113)108-39-11-42(107-40(39)21-89)85-12-32(2)55(90)79-60(85)94/h6-10,12,26-30,35-40,42-46,89H,11,13-25H2,1-5H3,(H,98,113)(H2,65,76,93)(H2,66,69,71)(H2,67,70,72)(H,79,90,94)(H3,68,77,78,91)/t35?,36?,37-,38-,39?,40+,42+,43+,44+,45+,46+,109-,110-,111-,112?/m0/s1. The number of aliphatic hydroxyl groups excluding tert-OH is 1. The zero-order valence-electron chi connectivity index (χ0n) is 60.5. The summed E-state index contributed by atoms with van der Waals surface area (Å²) in [5.41, 5.74) is 20.9. The summed E-state index contributed by atoms with van der Waals surface area (Å²) in [5.74, 6) is -1.18. The van der Waals surface area contributed by atoms with Crippen molar-refractivity contribution in [1.29, 1.82) is 0 Å². The number of carbonyl (C=O) groups is 1. The number of nitrogen functional groups attached to an aromatic ring is 4. The number of imidazole rings is 3. The summed E-state index contributed by atoms with van der Waals surface area (Å²) in [6, 6.07) is 4.21. The van der Waals surface area contributed by atoms with Crippen LogP contribution in [0.5, 0.6) is 0 Å². The van der Waals surface area contributed by atoms with Gasteiger partial charge in [0.25, 0.3) is 39.6 Å². The van der Waals surface area contributed by atoms with Crippen LogP contribution in [0.2, 0.25) is 0 Å². The Labute approximate surface area is 640 Å². The third-order valence-electron chi connectivity index (χ3n) is 19.3. The molecule has 0 radical (unpaired) electrons. The summed E-state index contributed by atoms with van der Waals surface area (Å²) >= 11 is 5.49. The molecule has 0 saturated carbocycles. The Kier molecular flexibility index (Phi) is 22.9. The number of morpholine rings is 4. The van der Waals surface area contributed by atoms with E-state index in [4.69, 9.17) is 81.0 Å². The van der Waals surface area contributed by atoms with Gasteiger partial charge < -0.3 is 84.1 Å². The summed E-state index contributed by atoms with van der Waals surface area (Å²) in [6.07, 6.45) is -8.52. The highest BCUT2D eigenvalue weighted by molar-refractivity contribution is 8.07. The molecule has 608 valence electrons. The van der Waals surface area contributed by atoms with Gasteiger partial charge in [0, 0.05) is 76.1 Å². The second kappa shape index (κ2) is 31.9. The number of nitrogens with one attached hydrogen (secondary N) is 2. The van der Waals surface area contributed by atoms with Crippen molar-refractivity contribution in [2.45, 2.75) is 94.2 Å². The van der Waals surface area contributed by atoms with E-state index in [2.05, 4.69) is 54.8 Å². The van der Waals surface area contributed by atoms with Gasteiger partial charge in [0.1, 0.15) is 66.6 Å². The molecule has 1 aromatic carbocycles. The molecule has 5 saturated heterocycles. The minimum absolute atomic E-state index is 0.0241. The quantitative estimate of drug-likeness (QED) is 0.0398. The number of fused-ring (bicyclic) bond motifs is 3. The Morgan fingerprint density at radius 2 is 1.10 bits per heavy atom. The summed E-state index contributed by atoms with van der Waals surface area (Å²) in [6.45, 7) is -2.13. The molecule has 5 aliphatic heterocycles. The van der Waals surface area contributed by atoms with Crippen LogP contribution in [0.15, 0.2) is 87.5 Å². The van der Waals surface area contributed by atoms with Crippen LogP contribution in [0.3, 0.4) is 0 Å². The van der Waals surface area contributed by atoms with Crippen molar-refractivity contribution in [1.82, 2.24) is 96.6 Å². The summed E-state index contributed by atoms with van der Waals surface area (Å²) in [4.78, 5) is 121. The first-order valence-electron chi connectivity index (χ1n) is 34.7. The van der Waals surface area contributed by atoms with Crippen LogP contribution in [-0.2, 0) is 78.0 Å². The van der Waals surface area contributed by atoms with Gasteiger partial charge in [0.05, 0.1) is 108 Å². The van der Waals surface area contributed by atoms with Gasteiger partial charge >= 0.3 is 24.3 Å². The van der Waals surface area contributed by atoms with Gasteiger partial charge in [0.15, 0.2) is 40.3 Å². The van der Waals surface area contributed by atoms with Crippen molar-refractivity contribution in [2.24, 2.45) is 0 Å². The Morgan fingerprint density at radius 3 is 1.61 bits per heavy atom. The predicted octanol–water partition coefficient (Wildman–Crippen LogP) is 1.63. The van der Waals surface area contributed by atoms with Gasteiger partial charge in [-0.05, 0) is 55.5 Å². The van der Waals surface area contributed by atoms with Gasteiger partial charge in [-0.25, -0.2) is 58.5 Å². The van der Waals surface area contributed by atoms with Gasteiger partial charge in [-0.1, -0.05) is 0 Å². The summed E-state index contributed by atoms with van der Waals surface area (Å²) < 4.78 is 163. The van der Waals surface area contributed by atoms with Crippen LogP contribution in [-0.4, -0.2) is 254 Å². The van der Waals surface area contributed by atoms with E-state index in [1.807, 2.05) is 0 Å². The van der Waals surface area contributed by atoms with Gasteiger partial charge in [-0.3, -0.25) is 60.9 Å². The number of rotatable bonds is 24. The molecule has 12 N–H and O–H groups in total. The molecule has 0 aliphatic carbocycles. The number of amides is 1. The average Bonchev–Trinajstić information content (AvgIpc) is 1.69. The number of ether oxygens (including phenoxy) is 5. The molecule has 5 aliphatic rings. The number of benzene rings is 1. The van der Waals surface area contributed by atoms with E-state index in [-0.39, 0.29) is 132 Å². The number of halogens is 3. The van der Waals surface area contributed by atoms with Crippen molar-refractivity contribution in [3.05, 3.63) is 132 Å². The van der Waals surface area contributed by atoms with Gasteiger partial charge in [-0.15, -0.1) is 0 Å². The fourth-order valence-corrected chi connectivity index (χ4v) is 19.8. The number of aromatic nitrogens is 16. The normalized spacial score (nSPS) is 26.0. The fourth-order valence-electron chi connectivity index (χ4n) is 13.7. The number of anilines is 4. The molecule has 15 atom stereocenters. The topological polar surface area (TPSA) is 559 Å². The van der Waals surface area contributed by atoms with Crippen molar-refractivity contribution in [3.8, 4) is 0 Å². The van der Waals surface area contributed by atoms with E-state index in [1.54, 1.807) is 0 Å². The molecular formula is C61H77F3N24O20P4S. The van der Waals surface area contributed by atoms with Crippen molar-refractivity contribution in [2.75, 3.05) is 128 Å². The highest BCUT2D eigenvalue weighted by Crippen LogP contribution is 2.55. The second-order valence-corrected chi connectivity index (χ2v) is 37.6. The Bertz CT molecular complexity index is 5580. The van der Waals surface area contributed by atoms with E-state index in [0.717, 1.165) is 15.2 Å². The minimum Gasteiger partial charge on any atom is -0.394 e. The Morgan fingerprint density at radius 1 is 0.602 bits per heavy atom. The molecule has 1 amide bonds. The van der Waals surface area contributed by atoms with Crippen LogP contribution in [0, 0.1) is 13.8 Å². The maximum atomic E-state index is 15.6. The number of aryl methyl sites for hydroxylation is 2. The zero-order chi connectivity index (χ0) is 80.5. The van der Waals surface area contributed by atoms with E-state index in [0.29, 0.717) is 6.07 Å². The highest BCUT2D eigenvalue weighted by atomic mass is 32.5. The molecule has 0 spiro atoms. The van der Waals surface area contributed by atoms with E-state index in [9.17, 15) is 47.1 Å². The number of hydrogen-bond acceptors (Lipinski definition) is 33. The number of alkyl halides is 3. The lowest BCUT2D eigenvalue weighted by molar-refractivity contribution is -0.137. The molecule has 0 bridgehead atoms. The largest absolute Gasteiger partial charge is 0.416 e. The maximum Gasteiger partial charge on any atom is 0.416 e. The fraction of sp³-hybridized carbons (Fsp3) is 0.508. The van der Waals surface area contributed by atoms with Crippen molar-refractivity contribution in [3.63, 3.8) is 0 Å². The first-order valence-corrected chi connectivity index (χ1v) is 43.3. The summed E-state index contributed by atoms with van der Waals surface area (Å²) in [7, 11) is -12.4. The number of nitrogens with zero attached hydrogens (tertiary/aromatic N) is 18. The SMILES string of the molecule is Cc1cc(C(=O)N2CC(CO[P@](C)(=O)N3CC(CO[P@](C)(=O)N4C[C@@H](CO[P@](C)(=O)N5C[C@@H](COP(O)(=S)OC6C[C@H](n7cc(C)c(=O)[nH]c7=O)O[C@@H]6CO)O[C@@H](n6cnc7c(N)ncnc76)C5)O[C@@H](n5cnc6c(=O)[nH]c(N)nc65)C4)O[C@@H](n4cnc5c(N)ncnc54)C3)O[C@@H](n3ccc(N)nc3=O)C2)cc(C(F)(F)F)c1. The Hall–Kier alpha value is -8.57. The first kappa shape index (κ1) is 81.0. The van der Waals surface area contributed by atoms with Crippen LogP contribution >= 0.6 is 29.3 Å². The molecule has 4 unspecified atom stereocenters. The molecule has 52 heteroatoms. The smallest absolute Gasteiger partial charge is 0.394 e. The molecule has 13 heterocycles. The van der Waals surface area contributed by atoms with Crippen LogP contribution in [0.25, 0.3) is 33.5 Å². The number of nitrogens with two attached hydrogens (primary N) is 4. The number of aliphatic hydroxyl groups is 1. The van der Waals surface area contributed by atoms with E-state index < -0.39 is 170 Å². The van der Waals surface area contributed by atoms with Crippen LogP contribution in [0.1, 0.15) is 64.6 Å². The minimum atomic E-state index is -4.80. The number of hydrogen-bond donors (Lipinski definition) is 8. The third-order valence-corrected chi connectivity index (χ3v) is 26.9. The average molecular weight is 1680 g/mol. The lowest BCUT2D eigenvalue weighted by atomic mass is 10.0. The van der Waals surface area contributed by atoms with Gasteiger partial charge in [-0.2, -0.15) is 23.1 Å². The van der Waals surface area contributed by atoms with Crippen LogP contribution < -0.4 is 45.4 Å². The van der Waals surface area contributed by atoms with E-state index >= 15 is 13.7 Å². The van der Waals surface area contributed by atoms with Crippen LogP contribution in [0.4, 0.5) is 36.6 Å². The Balaban J connectivity index is 0.700. The lowest BCUT2D eigenvalue weighted by Gasteiger charge is -2.43. The molecule has 8 aromatic heterocycles. The molecule has 9 aromatic rings. The molecule has 113 heavy (non-hydrogen) atoms. The number of carbonyl (C=O) groups excluding carboxylic acids is 1. The van der Waals surface area contributed by atoms with E-state index in [1.165, 1.54) is 123 Å². The maximum absolute atomic E-state index is 15.6. The number of aromatic amines is 2. The first-order chi connectivity index (χ1) is 53.5. The monoisotopic (exact) mass is 1680 g/mol. The summed E-state index contributed by atoms with van der Waals surface area (Å²) in [5, 5.41) is 10.3. The number of H-pyrrole nitrogens is 2. The lowest BCUT2D eigenvalue weighted by Crippen LogP contribution is -2.51. The van der Waals surface area contributed by atoms with Gasteiger partial charge in [0.2, 0.25) is 5.95 Å². The molecule has 14 rings (SSSR count). The third kappa shape index (κ3) is 17.5. The van der Waals surface area contributed by atoms with Crippen molar-refractivity contribution >= 4 is 104 Å². The highest BCUT2D eigenvalue weighted by Gasteiger charge is 2.47. The predicted molar refractivity (Wildman–Crippen MR) is 395 cm³/mol.